The summed E-state index contributed by atoms with van der Waals surface area (Å²) >= 11 is 1.07. The zero-order valence-corrected chi connectivity index (χ0v) is 8.49. The van der Waals surface area contributed by atoms with Gasteiger partial charge in [0, 0.05) is 13.1 Å². The molecular weight excluding hydrogens is 216 g/mol. The number of nitrogens with zero attached hydrogens (tertiary/aromatic N) is 2. The molecule has 78 valence electrons. The fraction of sp³-hybridized carbons (Fsp3) is 0.333. The Morgan fingerprint density at radius 3 is 2.80 bits per heavy atom. The molecule has 0 radical (unpaired) electrons. The van der Waals surface area contributed by atoms with E-state index in [-0.39, 0.29) is 11.0 Å². The molecule has 0 aromatic carbocycles. The van der Waals surface area contributed by atoms with Crippen LogP contribution < -0.4 is 4.90 Å². The van der Waals surface area contributed by atoms with Gasteiger partial charge in [-0.15, -0.1) is 11.3 Å². The third kappa shape index (κ3) is 1.67. The van der Waals surface area contributed by atoms with Crippen LogP contribution in [-0.4, -0.2) is 35.4 Å². The molecule has 1 aliphatic heterocycles. The number of aliphatic hydroxyl groups is 1. The van der Waals surface area contributed by atoms with Crippen LogP contribution in [0.2, 0.25) is 0 Å². The molecule has 0 bridgehead atoms. The molecule has 0 saturated carbocycles. The van der Waals surface area contributed by atoms with Gasteiger partial charge < -0.3 is 15.1 Å². The maximum absolute atomic E-state index is 10.7. The molecule has 0 atom stereocenters. The van der Waals surface area contributed by atoms with E-state index in [1.54, 1.807) is 4.90 Å². The van der Waals surface area contributed by atoms with Crippen LogP contribution in [0.25, 0.3) is 0 Å². The lowest BCUT2D eigenvalue weighted by molar-refractivity contribution is 0.0702. The van der Waals surface area contributed by atoms with Crippen LogP contribution in [0.4, 0.5) is 5.00 Å². The molecule has 0 unspecified atom stereocenters. The first-order chi connectivity index (χ1) is 7.11. The summed E-state index contributed by atoms with van der Waals surface area (Å²) in [5.41, 5.74) is 0.365. The highest BCUT2D eigenvalue weighted by Gasteiger charge is 2.28. The second-order valence-corrected chi connectivity index (χ2v) is 4.34. The van der Waals surface area contributed by atoms with E-state index in [1.165, 1.54) is 6.07 Å². The van der Waals surface area contributed by atoms with E-state index in [0.717, 1.165) is 11.3 Å². The quantitative estimate of drug-likeness (QED) is 0.764. The lowest BCUT2D eigenvalue weighted by Gasteiger charge is -2.36. The Hall–Kier alpha value is -1.58. The van der Waals surface area contributed by atoms with Gasteiger partial charge in [-0.1, -0.05) is 0 Å². The zero-order valence-electron chi connectivity index (χ0n) is 7.67. The molecular formula is C9H8N2O3S. The Kier molecular flexibility index (Phi) is 2.34. The van der Waals surface area contributed by atoms with Crippen molar-refractivity contribution >= 4 is 22.3 Å². The molecule has 1 aromatic heterocycles. The van der Waals surface area contributed by atoms with E-state index in [1.807, 2.05) is 6.07 Å². The first-order valence-electron chi connectivity index (χ1n) is 4.32. The van der Waals surface area contributed by atoms with Crippen molar-refractivity contribution in [2.24, 2.45) is 0 Å². The first kappa shape index (κ1) is 9.96. The van der Waals surface area contributed by atoms with E-state index in [0.29, 0.717) is 23.7 Å². The lowest BCUT2D eigenvalue weighted by atomic mass is 10.1. The van der Waals surface area contributed by atoms with Crippen molar-refractivity contribution in [2.75, 3.05) is 18.0 Å². The van der Waals surface area contributed by atoms with Crippen molar-refractivity contribution in [3.05, 3.63) is 16.5 Å². The second kappa shape index (κ2) is 3.53. The minimum Gasteiger partial charge on any atom is -0.477 e. The van der Waals surface area contributed by atoms with Gasteiger partial charge >= 0.3 is 5.97 Å². The normalized spacial score (nSPS) is 15.9. The SMILES string of the molecule is N#Cc1cc(C(=O)O)sc1N1CC(O)C1. The molecule has 1 aromatic rings. The third-order valence-corrected chi connectivity index (χ3v) is 3.38. The van der Waals surface area contributed by atoms with Gasteiger partial charge in [0.2, 0.25) is 0 Å². The summed E-state index contributed by atoms with van der Waals surface area (Å²) in [6.07, 6.45) is -0.369. The highest BCUT2D eigenvalue weighted by Crippen LogP contribution is 2.33. The zero-order chi connectivity index (χ0) is 11.0. The fourth-order valence-electron chi connectivity index (χ4n) is 1.42. The smallest absolute Gasteiger partial charge is 0.345 e. The minimum absolute atomic E-state index is 0.155. The van der Waals surface area contributed by atoms with Crippen LogP contribution in [0.5, 0.6) is 0 Å². The van der Waals surface area contributed by atoms with Gasteiger partial charge in [0.25, 0.3) is 0 Å². The van der Waals surface area contributed by atoms with Crippen LogP contribution in [0.15, 0.2) is 6.07 Å². The van der Waals surface area contributed by atoms with Crippen LogP contribution >= 0.6 is 11.3 Å². The topological polar surface area (TPSA) is 84.6 Å². The summed E-state index contributed by atoms with van der Waals surface area (Å²) < 4.78 is 0. The number of hydrogen-bond acceptors (Lipinski definition) is 5. The van der Waals surface area contributed by atoms with E-state index < -0.39 is 5.97 Å². The Labute approximate surface area is 89.8 Å². The predicted octanol–water partition coefficient (Wildman–Crippen LogP) is 0.499. The van der Waals surface area contributed by atoms with E-state index in [2.05, 4.69) is 0 Å². The van der Waals surface area contributed by atoms with Gasteiger partial charge in [0.05, 0.1) is 11.7 Å². The number of hydrogen-bond donors (Lipinski definition) is 2. The number of thiophene rings is 1. The minimum atomic E-state index is -1.02. The number of nitriles is 1. The Balaban J connectivity index is 2.30. The molecule has 2 N–H and O–H groups in total. The molecule has 15 heavy (non-hydrogen) atoms. The van der Waals surface area contributed by atoms with E-state index in [4.69, 9.17) is 15.5 Å². The van der Waals surface area contributed by atoms with Gasteiger partial charge in [-0.3, -0.25) is 0 Å². The van der Waals surface area contributed by atoms with Gasteiger partial charge in [-0.05, 0) is 6.07 Å². The lowest BCUT2D eigenvalue weighted by Crippen LogP contribution is -2.50. The Morgan fingerprint density at radius 1 is 1.67 bits per heavy atom. The monoisotopic (exact) mass is 224 g/mol. The van der Waals surface area contributed by atoms with E-state index in [9.17, 15) is 4.79 Å². The molecule has 0 aliphatic carbocycles. The first-order valence-corrected chi connectivity index (χ1v) is 5.13. The molecule has 5 nitrogen and oxygen atoms in total. The summed E-state index contributed by atoms with van der Waals surface area (Å²) in [6, 6.07) is 3.33. The van der Waals surface area contributed by atoms with Gasteiger partial charge in [-0.2, -0.15) is 5.26 Å². The van der Waals surface area contributed by atoms with Crippen LogP contribution in [0.1, 0.15) is 15.2 Å². The standard InChI is InChI=1S/C9H8N2O3S/c10-2-5-1-7(9(13)14)15-8(5)11-3-6(12)4-11/h1,6,12H,3-4H2,(H,13,14). The van der Waals surface area contributed by atoms with Crippen molar-refractivity contribution in [3.63, 3.8) is 0 Å². The maximum Gasteiger partial charge on any atom is 0.345 e. The number of aromatic carboxylic acids is 1. The number of β-amino-alcohol motifs (C(OH)–C–C–N with tert-alkyl or cyclic N) is 1. The number of aliphatic hydroxyl groups excluding tert-OH is 1. The predicted molar refractivity (Wildman–Crippen MR) is 54.2 cm³/mol. The van der Waals surface area contributed by atoms with Crippen molar-refractivity contribution < 1.29 is 15.0 Å². The number of carboxylic acids is 1. The van der Waals surface area contributed by atoms with Crippen molar-refractivity contribution in [3.8, 4) is 6.07 Å². The van der Waals surface area contributed by atoms with Gasteiger partial charge in [0.15, 0.2) is 0 Å². The summed E-state index contributed by atoms with van der Waals surface area (Å²) in [4.78, 5) is 12.7. The highest BCUT2D eigenvalue weighted by atomic mass is 32.1. The fourth-order valence-corrected chi connectivity index (χ4v) is 2.39. The second-order valence-electron chi connectivity index (χ2n) is 3.31. The molecule has 6 heteroatoms. The Bertz CT molecular complexity index is 443. The average molecular weight is 224 g/mol. The van der Waals surface area contributed by atoms with Crippen molar-refractivity contribution in [1.29, 1.82) is 5.26 Å². The summed E-state index contributed by atoms with van der Waals surface area (Å²) in [7, 11) is 0. The number of carbonyl (C=O) groups is 1. The molecule has 0 spiro atoms. The third-order valence-electron chi connectivity index (χ3n) is 2.19. The van der Waals surface area contributed by atoms with Crippen LogP contribution in [0.3, 0.4) is 0 Å². The van der Waals surface area contributed by atoms with Crippen molar-refractivity contribution in [2.45, 2.75) is 6.10 Å². The molecule has 0 amide bonds. The highest BCUT2D eigenvalue weighted by molar-refractivity contribution is 7.18. The van der Waals surface area contributed by atoms with Gasteiger partial charge in [-0.25, -0.2) is 4.79 Å². The van der Waals surface area contributed by atoms with Gasteiger partial charge in [0.1, 0.15) is 15.9 Å². The van der Waals surface area contributed by atoms with Crippen molar-refractivity contribution in [1.82, 2.24) is 0 Å². The summed E-state index contributed by atoms with van der Waals surface area (Å²) in [5.74, 6) is -1.02. The molecule has 2 heterocycles. The summed E-state index contributed by atoms with van der Waals surface area (Å²) in [5, 5.41) is 27.4. The molecule has 1 fully saturated rings. The van der Waals surface area contributed by atoms with E-state index >= 15 is 0 Å². The largest absolute Gasteiger partial charge is 0.477 e. The maximum atomic E-state index is 10.7. The summed E-state index contributed by atoms with van der Waals surface area (Å²) in [6.45, 7) is 0.933. The number of carboxylic acid groups (broad SMARTS) is 1. The van der Waals surface area contributed by atoms with Crippen LogP contribution in [0, 0.1) is 11.3 Å². The average Bonchev–Trinajstić information content (AvgIpc) is 2.56. The Morgan fingerprint density at radius 2 is 2.33 bits per heavy atom. The molecule has 1 saturated heterocycles. The number of anilines is 1. The number of rotatable bonds is 2. The van der Waals surface area contributed by atoms with Crippen LogP contribution in [-0.2, 0) is 0 Å². The molecule has 1 aliphatic rings. The molecule has 2 rings (SSSR count).